The van der Waals surface area contributed by atoms with Crippen LogP contribution >= 0.6 is 0 Å². The largest absolute Gasteiger partial charge is 0.444 e. The van der Waals surface area contributed by atoms with Crippen LogP contribution in [0.4, 0.5) is 4.79 Å². The Balaban J connectivity index is 1.97. The van der Waals surface area contributed by atoms with Crippen LogP contribution in [0.15, 0.2) is 30.6 Å². The van der Waals surface area contributed by atoms with Gasteiger partial charge in [0.2, 0.25) is 0 Å². The number of carbonyl (C=O) groups is 1. The Kier molecular flexibility index (Phi) is 5.73. The molecule has 4 heteroatoms. The molecule has 146 valence electrons. The summed E-state index contributed by atoms with van der Waals surface area (Å²) in [6.45, 7) is 11.0. The maximum absolute atomic E-state index is 12.8. The molecule has 2 aromatic rings. The van der Waals surface area contributed by atoms with Gasteiger partial charge in [-0.25, -0.2) is 4.79 Å². The number of pyridine rings is 1. The smallest absolute Gasteiger partial charge is 0.410 e. The molecule has 1 amide bonds. The van der Waals surface area contributed by atoms with Gasteiger partial charge < -0.3 is 9.64 Å². The van der Waals surface area contributed by atoms with Crippen molar-refractivity contribution in [3.63, 3.8) is 0 Å². The summed E-state index contributed by atoms with van der Waals surface area (Å²) in [5, 5.41) is 2.35. The van der Waals surface area contributed by atoms with Crippen LogP contribution in [0.3, 0.4) is 0 Å². The first-order valence-corrected chi connectivity index (χ1v) is 10.1. The molecule has 1 aromatic heterocycles. The molecule has 0 radical (unpaired) electrons. The molecule has 1 aromatic carbocycles. The molecule has 1 atom stereocenters. The predicted molar refractivity (Wildman–Crippen MR) is 110 cm³/mol. The van der Waals surface area contributed by atoms with Crippen LogP contribution < -0.4 is 0 Å². The SMILES string of the molecule is CC(C)CCc1cc(C2CCCN2C(=O)OC(C)(C)C)c2cnccc2c1. The molecule has 0 bridgehead atoms. The second-order valence-corrected chi connectivity index (χ2v) is 9.05. The minimum absolute atomic E-state index is 0.0607. The lowest BCUT2D eigenvalue weighted by Gasteiger charge is -2.29. The zero-order valence-electron chi connectivity index (χ0n) is 17.3. The fraction of sp³-hybridized carbons (Fsp3) is 0.565. The molecule has 1 aliphatic heterocycles. The molecule has 0 aliphatic carbocycles. The highest BCUT2D eigenvalue weighted by Gasteiger charge is 2.34. The van der Waals surface area contributed by atoms with E-state index in [1.165, 1.54) is 16.5 Å². The number of carbonyl (C=O) groups excluding carboxylic acids is 1. The van der Waals surface area contributed by atoms with Crippen LogP contribution in [0.5, 0.6) is 0 Å². The molecule has 0 N–H and O–H groups in total. The summed E-state index contributed by atoms with van der Waals surface area (Å²) >= 11 is 0. The standard InChI is InChI=1S/C23H32N2O2/c1-16(2)8-9-17-13-18-10-11-24-15-20(18)19(14-17)21-7-6-12-25(21)22(26)27-23(3,4)5/h10-11,13-16,21H,6-9,12H2,1-5H3. The number of hydrogen-bond acceptors (Lipinski definition) is 3. The van der Waals surface area contributed by atoms with Crippen molar-refractivity contribution in [3.8, 4) is 0 Å². The van der Waals surface area contributed by atoms with E-state index in [0.717, 1.165) is 37.6 Å². The van der Waals surface area contributed by atoms with Gasteiger partial charge in [0.15, 0.2) is 0 Å². The quantitative estimate of drug-likeness (QED) is 0.675. The number of benzene rings is 1. The molecule has 2 heterocycles. The van der Waals surface area contributed by atoms with Gasteiger partial charge in [0.25, 0.3) is 0 Å². The van der Waals surface area contributed by atoms with Crippen molar-refractivity contribution >= 4 is 16.9 Å². The maximum atomic E-state index is 12.8. The summed E-state index contributed by atoms with van der Waals surface area (Å²) in [4.78, 5) is 19.0. The Bertz CT molecular complexity index is 808. The average molecular weight is 369 g/mol. The highest BCUT2D eigenvalue weighted by molar-refractivity contribution is 5.86. The van der Waals surface area contributed by atoms with Crippen LogP contribution in [0.2, 0.25) is 0 Å². The summed E-state index contributed by atoms with van der Waals surface area (Å²) in [5.74, 6) is 0.673. The van der Waals surface area contributed by atoms with Gasteiger partial charge in [0, 0.05) is 24.3 Å². The van der Waals surface area contributed by atoms with Crippen molar-refractivity contribution in [2.45, 2.75) is 71.9 Å². The Labute approximate surface area is 162 Å². The van der Waals surface area contributed by atoms with Crippen LogP contribution in [0, 0.1) is 5.92 Å². The first-order valence-electron chi connectivity index (χ1n) is 10.1. The lowest BCUT2D eigenvalue weighted by atomic mass is 9.93. The minimum atomic E-state index is -0.479. The number of amides is 1. The molecule has 0 saturated carbocycles. The lowest BCUT2D eigenvalue weighted by Crippen LogP contribution is -2.36. The average Bonchev–Trinajstić information content (AvgIpc) is 3.07. The second-order valence-electron chi connectivity index (χ2n) is 9.05. The third-order valence-electron chi connectivity index (χ3n) is 5.10. The second kappa shape index (κ2) is 7.87. The number of fused-ring (bicyclic) bond motifs is 1. The summed E-state index contributed by atoms with van der Waals surface area (Å²) in [6.07, 6.45) is 7.76. The monoisotopic (exact) mass is 368 g/mol. The first-order chi connectivity index (χ1) is 12.7. The first kappa shape index (κ1) is 19.7. The maximum Gasteiger partial charge on any atom is 0.410 e. The van der Waals surface area contributed by atoms with Crippen LogP contribution in [0.1, 0.15) is 71.0 Å². The Hall–Kier alpha value is -2.10. The molecular weight excluding hydrogens is 336 g/mol. The van der Waals surface area contributed by atoms with Crippen molar-refractivity contribution in [2.24, 2.45) is 5.92 Å². The third kappa shape index (κ3) is 4.79. The molecule has 3 rings (SSSR count). The van der Waals surface area contributed by atoms with Gasteiger partial charge in [-0.3, -0.25) is 4.98 Å². The van der Waals surface area contributed by atoms with E-state index in [1.54, 1.807) is 0 Å². The number of likely N-dealkylation sites (tertiary alicyclic amines) is 1. The molecule has 1 unspecified atom stereocenters. The summed E-state index contributed by atoms with van der Waals surface area (Å²) in [6, 6.07) is 6.70. The number of hydrogen-bond donors (Lipinski definition) is 0. The van der Waals surface area contributed by atoms with E-state index < -0.39 is 5.60 Å². The summed E-state index contributed by atoms with van der Waals surface area (Å²) in [7, 11) is 0. The Morgan fingerprint density at radius 3 is 2.81 bits per heavy atom. The normalized spacial score (nSPS) is 17.7. The van der Waals surface area contributed by atoms with Gasteiger partial charge in [-0.05, 0) is 75.0 Å². The zero-order valence-corrected chi connectivity index (χ0v) is 17.3. The number of ether oxygens (including phenoxy) is 1. The van der Waals surface area contributed by atoms with Gasteiger partial charge in [0.05, 0.1) is 6.04 Å². The van der Waals surface area contributed by atoms with E-state index in [1.807, 2.05) is 38.1 Å². The van der Waals surface area contributed by atoms with Crippen molar-refractivity contribution in [1.82, 2.24) is 9.88 Å². The van der Waals surface area contributed by atoms with Crippen molar-refractivity contribution in [3.05, 3.63) is 41.7 Å². The van der Waals surface area contributed by atoms with Gasteiger partial charge in [-0.1, -0.05) is 26.0 Å². The van der Waals surface area contributed by atoms with E-state index in [0.29, 0.717) is 5.92 Å². The summed E-state index contributed by atoms with van der Waals surface area (Å²) in [5.41, 5.74) is 2.07. The predicted octanol–water partition coefficient (Wildman–Crippen LogP) is 5.90. The summed E-state index contributed by atoms with van der Waals surface area (Å²) < 4.78 is 5.67. The molecular formula is C23H32N2O2. The number of rotatable bonds is 4. The van der Waals surface area contributed by atoms with E-state index in [4.69, 9.17) is 4.74 Å². The molecule has 1 saturated heterocycles. The van der Waals surface area contributed by atoms with E-state index in [2.05, 4.69) is 37.0 Å². The van der Waals surface area contributed by atoms with E-state index >= 15 is 0 Å². The number of nitrogens with zero attached hydrogens (tertiary/aromatic N) is 2. The number of aromatic nitrogens is 1. The fourth-order valence-corrected chi connectivity index (χ4v) is 3.80. The van der Waals surface area contributed by atoms with Crippen molar-refractivity contribution in [2.75, 3.05) is 6.54 Å². The van der Waals surface area contributed by atoms with E-state index in [9.17, 15) is 4.79 Å². The molecule has 27 heavy (non-hydrogen) atoms. The van der Waals surface area contributed by atoms with Crippen LogP contribution in [-0.2, 0) is 11.2 Å². The topological polar surface area (TPSA) is 42.4 Å². The molecule has 0 spiro atoms. The fourth-order valence-electron chi connectivity index (χ4n) is 3.80. The van der Waals surface area contributed by atoms with Gasteiger partial charge >= 0.3 is 6.09 Å². The van der Waals surface area contributed by atoms with Crippen LogP contribution in [0.25, 0.3) is 10.8 Å². The highest BCUT2D eigenvalue weighted by Crippen LogP contribution is 2.37. The van der Waals surface area contributed by atoms with Crippen LogP contribution in [-0.4, -0.2) is 28.1 Å². The van der Waals surface area contributed by atoms with Crippen molar-refractivity contribution < 1.29 is 9.53 Å². The van der Waals surface area contributed by atoms with Gasteiger partial charge in [0.1, 0.15) is 5.60 Å². The Morgan fingerprint density at radius 2 is 2.11 bits per heavy atom. The zero-order chi connectivity index (χ0) is 19.6. The van der Waals surface area contributed by atoms with Gasteiger partial charge in [-0.15, -0.1) is 0 Å². The third-order valence-corrected chi connectivity index (χ3v) is 5.10. The highest BCUT2D eigenvalue weighted by atomic mass is 16.6. The minimum Gasteiger partial charge on any atom is -0.444 e. The molecule has 1 aliphatic rings. The molecule has 1 fully saturated rings. The van der Waals surface area contributed by atoms with Gasteiger partial charge in [-0.2, -0.15) is 0 Å². The van der Waals surface area contributed by atoms with Crippen molar-refractivity contribution in [1.29, 1.82) is 0 Å². The molecule has 4 nitrogen and oxygen atoms in total. The van der Waals surface area contributed by atoms with E-state index in [-0.39, 0.29) is 12.1 Å². The number of aryl methyl sites for hydroxylation is 1. The lowest BCUT2D eigenvalue weighted by molar-refractivity contribution is 0.0225. The Morgan fingerprint density at radius 1 is 1.33 bits per heavy atom.